The first-order valence-electron chi connectivity index (χ1n) is 10.1. The smallest absolute Gasteiger partial charge is 0.261 e. The number of fused-ring (bicyclic) bond motifs is 3. The van der Waals surface area contributed by atoms with Crippen molar-refractivity contribution in [3.63, 3.8) is 0 Å². The first kappa shape index (κ1) is 21.5. The van der Waals surface area contributed by atoms with Crippen molar-refractivity contribution in [2.75, 3.05) is 13.1 Å². The normalized spacial score (nSPS) is 13.7. The van der Waals surface area contributed by atoms with E-state index in [0.717, 1.165) is 40.9 Å². The molecule has 0 aliphatic carbocycles. The summed E-state index contributed by atoms with van der Waals surface area (Å²) in [6.45, 7) is 6.52. The number of rotatable bonds is 8. The van der Waals surface area contributed by atoms with Crippen molar-refractivity contribution in [1.82, 2.24) is 10.2 Å². The zero-order valence-corrected chi connectivity index (χ0v) is 19.5. The summed E-state index contributed by atoms with van der Waals surface area (Å²) >= 11 is 9.48. The van der Waals surface area contributed by atoms with Gasteiger partial charge in [0.2, 0.25) is 0 Å². The molecule has 158 valence electrons. The second kappa shape index (κ2) is 9.60. The lowest BCUT2D eigenvalue weighted by Crippen LogP contribution is -2.39. The van der Waals surface area contributed by atoms with E-state index in [2.05, 4.69) is 30.1 Å². The van der Waals surface area contributed by atoms with Gasteiger partial charge in [0.15, 0.2) is 0 Å². The van der Waals surface area contributed by atoms with Crippen LogP contribution in [0.4, 0.5) is 0 Å². The Morgan fingerprint density at radius 3 is 2.97 bits per heavy atom. The van der Waals surface area contributed by atoms with Gasteiger partial charge in [0.1, 0.15) is 5.76 Å². The van der Waals surface area contributed by atoms with E-state index in [0.29, 0.717) is 12.6 Å². The third-order valence-corrected chi connectivity index (χ3v) is 7.99. The third kappa shape index (κ3) is 4.78. The van der Waals surface area contributed by atoms with E-state index in [1.54, 1.807) is 29.4 Å². The quantitative estimate of drug-likeness (QED) is 0.428. The van der Waals surface area contributed by atoms with Crippen molar-refractivity contribution in [1.29, 1.82) is 0 Å². The summed E-state index contributed by atoms with van der Waals surface area (Å²) in [5, 5.41) is 3.85. The van der Waals surface area contributed by atoms with Gasteiger partial charge in [0, 0.05) is 45.2 Å². The number of thioether (sulfide) groups is 1. The molecule has 1 N–H and O–H groups in total. The van der Waals surface area contributed by atoms with Crippen LogP contribution in [0.3, 0.4) is 0 Å². The highest BCUT2D eigenvalue weighted by Crippen LogP contribution is 2.46. The molecular formula is C23H25ClN2O2S2. The number of hydrogen-bond acceptors (Lipinski definition) is 5. The lowest BCUT2D eigenvalue weighted by atomic mass is 10.1. The lowest BCUT2D eigenvalue weighted by molar-refractivity contribution is 0.0945. The average Bonchev–Trinajstić information content (AvgIpc) is 3.41. The Kier molecular flexibility index (Phi) is 6.88. The molecule has 0 radical (unpaired) electrons. The number of carbonyl (C=O) groups is 1. The van der Waals surface area contributed by atoms with Gasteiger partial charge in [-0.25, -0.2) is 0 Å². The summed E-state index contributed by atoms with van der Waals surface area (Å²) in [4.78, 5) is 18.3. The van der Waals surface area contributed by atoms with E-state index in [1.807, 2.05) is 30.3 Å². The molecule has 0 saturated heterocycles. The molecule has 7 heteroatoms. The molecule has 1 atom stereocenters. The molecule has 1 aliphatic rings. The number of thiophene rings is 1. The molecule has 30 heavy (non-hydrogen) atoms. The second-order valence-corrected chi connectivity index (χ2v) is 9.96. The molecule has 4 rings (SSSR count). The number of amides is 1. The van der Waals surface area contributed by atoms with Gasteiger partial charge in [-0.15, -0.1) is 23.1 Å². The van der Waals surface area contributed by atoms with Gasteiger partial charge in [-0.3, -0.25) is 9.69 Å². The van der Waals surface area contributed by atoms with Crippen LogP contribution >= 0.6 is 34.7 Å². The minimum Gasteiger partial charge on any atom is -0.468 e. The summed E-state index contributed by atoms with van der Waals surface area (Å²) in [5.74, 6) is 1.82. The van der Waals surface area contributed by atoms with Crippen molar-refractivity contribution < 1.29 is 9.21 Å². The fourth-order valence-electron chi connectivity index (χ4n) is 3.55. The van der Waals surface area contributed by atoms with Gasteiger partial charge in [-0.2, -0.15) is 0 Å². The van der Waals surface area contributed by atoms with Crippen LogP contribution in [0.25, 0.3) is 10.4 Å². The van der Waals surface area contributed by atoms with Crippen LogP contribution in [0, 0.1) is 0 Å². The van der Waals surface area contributed by atoms with E-state index < -0.39 is 0 Å². The van der Waals surface area contributed by atoms with Crippen molar-refractivity contribution in [2.45, 2.75) is 43.5 Å². The van der Waals surface area contributed by atoms with Gasteiger partial charge < -0.3 is 9.73 Å². The van der Waals surface area contributed by atoms with Crippen LogP contribution in [-0.4, -0.2) is 29.9 Å². The van der Waals surface area contributed by atoms with Crippen LogP contribution in [0.1, 0.15) is 41.3 Å². The number of nitrogens with zero attached hydrogens (tertiary/aromatic N) is 1. The summed E-state index contributed by atoms with van der Waals surface area (Å²) in [6, 6.07) is 12.3. The van der Waals surface area contributed by atoms with Crippen molar-refractivity contribution in [3.8, 4) is 10.4 Å². The number of hydrogen-bond donors (Lipinski definition) is 1. The van der Waals surface area contributed by atoms with Crippen LogP contribution in [-0.2, 0) is 12.3 Å². The Morgan fingerprint density at radius 2 is 2.20 bits per heavy atom. The molecule has 2 aromatic heterocycles. The minimum atomic E-state index is -0.00277. The maximum Gasteiger partial charge on any atom is 0.261 e. The predicted octanol–water partition coefficient (Wildman–Crippen LogP) is 6.30. The van der Waals surface area contributed by atoms with Crippen LogP contribution in [0.5, 0.6) is 0 Å². The molecule has 4 nitrogen and oxygen atoms in total. The van der Waals surface area contributed by atoms with Gasteiger partial charge in [-0.05, 0) is 49.2 Å². The fourth-order valence-corrected chi connectivity index (χ4v) is 6.15. The van der Waals surface area contributed by atoms with E-state index in [-0.39, 0.29) is 5.91 Å². The molecule has 1 aromatic carbocycles. The Balaban J connectivity index is 1.39. The molecule has 1 aliphatic heterocycles. The van der Waals surface area contributed by atoms with Gasteiger partial charge >= 0.3 is 0 Å². The molecule has 3 aromatic rings. The first-order chi connectivity index (χ1) is 14.5. The van der Waals surface area contributed by atoms with Crippen LogP contribution in [0.15, 0.2) is 52.0 Å². The SMILES string of the molecule is CCC(C)N(CCNC(=O)c1cc2c(s1)-c1ccc(Cl)cc1SC2)Cc1ccco1. The highest BCUT2D eigenvalue weighted by Gasteiger charge is 2.22. The van der Waals surface area contributed by atoms with Crippen molar-refractivity contribution in [2.24, 2.45) is 0 Å². The molecule has 3 heterocycles. The molecule has 0 fully saturated rings. The zero-order chi connectivity index (χ0) is 21.1. The van der Waals surface area contributed by atoms with Gasteiger partial charge in [-0.1, -0.05) is 24.6 Å². The number of carbonyl (C=O) groups excluding carboxylic acids is 1. The fraction of sp³-hybridized carbons (Fsp3) is 0.348. The van der Waals surface area contributed by atoms with Crippen LogP contribution in [0.2, 0.25) is 5.02 Å². The number of nitrogens with one attached hydrogen (secondary N) is 1. The first-order valence-corrected chi connectivity index (χ1v) is 12.3. The topological polar surface area (TPSA) is 45.5 Å². The summed E-state index contributed by atoms with van der Waals surface area (Å²) in [5.41, 5.74) is 2.40. The number of halogens is 1. The Hall–Kier alpha value is -1.73. The van der Waals surface area contributed by atoms with E-state index in [9.17, 15) is 4.79 Å². The molecular weight excluding hydrogens is 436 g/mol. The lowest BCUT2D eigenvalue weighted by Gasteiger charge is -2.27. The minimum absolute atomic E-state index is 0.00277. The summed E-state index contributed by atoms with van der Waals surface area (Å²) in [6.07, 6.45) is 2.75. The molecule has 1 amide bonds. The zero-order valence-electron chi connectivity index (χ0n) is 17.1. The summed E-state index contributed by atoms with van der Waals surface area (Å²) in [7, 11) is 0. The largest absolute Gasteiger partial charge is 0.468 e. The summed E-state index contributed by atoms with van der Waals surface area (Å²) < 4.78 is 5.50. The Bertz CT molecular complexity index is 1020. The molecule has 1 unspecified atom stereocenters. The molecule has 0 saturated carbocycles. The van der Waals surface area contributed by atoms with Crippen molar-refractivity contribution >= 4 is 40.6 Å². The predicted molar refractivity (Wildman–Crippen MR) is 126 cm³/mol. The Morgan fingerprint density at radius 1 is 1.33 bits per heavy atom. The maximum atomic E-state index is 12.8. The van der Waals surface area contributed by atoms with Gasteiger partial charge in [0.05, 0.1) is 17.7 Å². The number of furan rings is 1. The van der Waals surface area contributed by atoms with E-state index in [4.69, 9.17) is 16.0 Å². The van der Waals surface area contributed by atoms with Crippen LogP contribution < -0.4 is 5.32 Å². The van der Waals surface area contributed by atoms with E-state index in [1.165, 1.54) is 20.9 Å². The molecule has 0 spiro atoms. The second-order valence-electron chi connectivity index (χ2n) is 7.46. The Labute approximate surface area is 190 Å². The van der Waals surface area contributed by atoms with Gasteiger partial charge in [0.25, 0.3) is 5.91 Å². The third-order valence-electron chi connectivity index (χ3n) is 5.44. The average molecular weight is 461 g/mol. The molecule has 0 bridgehead atoms. The highest BCUT2D eigenvalue weighted by molar-refractivity contribution is 7.98. The standard InChI is InChI=1S/C23H25ClN2O2S2/c1-3-15(2)26(13-18-5-4-10-28-18)9-8-25-23(27)21-11-16-14-29-20-12-17(24)6-7-19(20)22(16)30-21/h4-7,10-12,15H,3,8-9,13-14H2,1-2H3,(H,25,27). The van der Waals surface area contributed by atoms with E-state index >= 15 is 0 Å². The number of benzene rings is 1. The maximum absolute atomic E-state index is 12.8. The van der Waals surface area contributed by atoms with Crippen molar-refractivity contribution in [3.05, 3.63) is 63.9 Å². The highest BCUT2D eigenvalue weighted by atomic mass is 35.5. The monoisotopic (exact) mass is 460 g/mol.